The molecule has 3 rings (SSSR count). The van der Waals surface area contributed by atoms with Gasteiger partial charge in [-0.25, -0.2) is 0 Å². The second kappa shape index (κ2) is 7.96. The standard InChI is InChI=1S/C22H25NO/c1-3-14-24-20-11-12-21-18(16-20)15-19(4-2)23-22(21)13-10-17-8-6-5-7-9-17/h5-13,16,19H,3-4,14-15H2,1-2H3/b13-10+. The zero-order valence-corrected chi connectivity index (χ0v) is 14.5. The maximum atomic E-state index is 5.80. The van der Waals surface area contributed by atoms with Gasteiger partial charge in [0, 0.05) is 5.56 Å². The van der Waals surface area contributed by atoms with E-state index >= 15 is 0 Å². The molecule has 0 saturated carbocycles. The lowest BCUT2D eigenvalue weighted by molar-refractivity contribution is 0.317. The van der Waals surface area contributed by atoms with Crippen molar-refractivity contribution in [3.8, 4) is 5.75 Å². The maximum Gasteiger partial charge on any atom is 0.119 e. The van der Waals surface area contributed by atoms with Gasteiger partial charge in [0.25, 0.3) is 0 Å². The van der Waals surface area contributed by atoms with Crippen molar-refractivity contribution in [3.63, 3.8) is 0 Å². The van der Waals surface area contributed by atoms with E-state index < -0.39 is 0 Å². The molecule has 1 aliphatic rings. The summed E-state index contributed by atoms with van der Waals surface area (Å²) in [4.78, 5) is 4.94. The number of allylic oxidation sites excluding steroid dienone is 1. The van der Waals surface area contributed by atoms with E-state index in [1.165, 1.54) is 16.7 Å². The summed E-state index contributed by atoms with van der Waals surface area (Å²) in [6.07, 6.45) is 7.37. The van der Waals surface area contributed by atoms with Crippen molar-refractivity contribution in [1.29, 1.82) is 0 Å². The van der Waals surface area contributed by atoms with Crippen LogP contribution >= 0.6 is 0 Å². The van der Waals surface area contributed by atoms with Gasteiger partial charge < -0.3 is 4.74 Å². The highest BCUT2D eigenvalue weighted by atomic mass is 16.5. The van der Waals surface area contributed by atoms with E-state index in [1.54, 1.807) is 0 Å². The van der Waals surface area contributed by atoms with E-state index in [0.29, 0.717) is 6.04 Å². The van der Waals surface area contributed by atoms with Crippen LogP contribution in [0.15, 0.2) is 59.6 Å². The number of nitrogens with zero attached hydrogens (tertiary/aromatic N) is 1. The zero-order valence-electron chi connectivity index (χ0n) is 14.5. The van der Waals surface area contributed by atoms with E-state index in [4.69, 9.17) is 9.73 Å². The van der Waals surface area contributed by atoms with Gasteiger partial charge in [-0.2, -0.15) is 0 Å². The van der Waals surface area contributed by atoms with Crippen LogP contribution in [-0.4, -0.2) is 18.4 Å². The quantitative estimate of drug-likeness (QED) is 0.707. The highest BCUT2D eigenvalue weighted by molar-refractivity contribution is 6.12. The molecule has 0 spiro atoms. The van der Waals surface area contributed by atoms with Gasteiger partial charge in [-0.1, -0.05) is 50.3 Å². The van der Waals surface area contributed by atoms with E-state index in [1.807, 2.05) is 6.07 Å². The average molecular weight is 319 g/mol. The third-order valence-electron chi connectivity index (χ3n) is 4.31. The molecule has 1 atom stereocenters. The minimum absolute atomic E-state index is 0.356. The minimum atomic E-state index is 0.356. The molecule has 1 unspecified atom stereocenters. The van der Waals surface area contributed by atoms with Crippen LogP contribution < -0.4 is 4.74 Å². The SMILES string of the molecule is CCCOc1ccc2c(c1)CC(CC)N=C2/C=C/c1ccccc1. The molecule has 1 heterocycles. The Morgan fingerprint density at radius 2 is 1.92 bits per heavy atom. The first-order valence-electron chi connectivity index (χ1n) is 8.87. The van der Waals surface area contributed by atoms with Crippen molar-refractivity contribution < 1.29 is 4.74 Å². The van der Waals surface area contributed by atoms with Crippen LogP contribution in [0.5, 0.6) is 5.75 Å². The molecule has 2 aromatic carbocycles. The Kier molecular flexibility index (Phi) is 5.47. The Morgan fingerprint density at radius 3 is 2.67 bits per heavy atom. The molecular weight excluding hydrogens is 294 g/mol. The second-order valence-electron chi connectivity index (χ2n) is 6.19. The van der Waals surface area contributed by atoms with Gasteiger partial charge >= 0.3 is 0 Å². The van der Waals surface area contributed by atoms with Gasteiger partial charge in [-0.3, -0.25) is 4.99 Å². The fraction of sp³-hybridized carbons (Fsp3) is 0.318. The summed E-state index contributed by atoms with van der Waals surface area (Å²) in [5.41, 5.74) is 4.85. The molecule has 0 bridgehead atoms. The third kappa shape index (κ3) is 3.94. The lowest BCUT2D eigenvalue weighted by atomic mass is 9.92. The number of fused-ring (bicyclic) bond motifs is 1. The molecule has 2 nitrogen and oxygen atoms in total. The Morgan fingerprint density at radius 1 is 1.08 bits per heavy atom. The summed E-state index contributed by atoms with van der Waals surface area (Å²) >= 11 is 0. The van der Waals surface area contributed by atoms with Crippen LogP contribution in [0, 0.1) is 0 Å². The fourth-order valence-electron chi connectivity index (χ4n) is 2.97. The zero-order chi connectivity index (χ0) is 16.8. The second-order valence-corrected chi connectivity index (χ2v) is 6.19. The normalized spacial score (nSPS) is 16.8. The van der Waals surface area contributed by atoms with E-state index in [0.717, 1.165) is 37.3 Å². The van der Waals surface area contributed by atoms with Crippen LogP contribution in [0.2, 0.25) is 0 Å². The Hall–Kier alpha value is -2.35. The molecule has 0 N–H and O–H groups in total. The van der Waals surface area contributed by atoms with Gasteiger partial charge in [0.05, 0.1) is 18.4 Å². The minimum Gasteiger partial charge on any atom is -0.494 e. The maximum absolute atomic E-state index is 5.80. The summed E-state index contributed by atoms with van der Waals surface area (Å²) in [7, 11) is 0. The van der Waals surface area contributed by atoms with Gasteiger partial charge in [-0.15, -0.1) is 0 Å². The highest BCUT2D eigenvalue weighted by Gasteiger charge is 2.19. The first-order valence-corrected chi connectivity index (χ1v) is 8.87. The number of rotatable bonds is 6. The van der Waals surface area contributed by atoms with Crippen LogP contribution in [0.4, 0.5) is 0 Å². The molecule has 0 aromatic heterocycles. The molecule has 1 aliphatic heterocycles. The molecule has 24 heavy (non-hydrogen) atoms. The predicted octanol–water partition coefficient (Wildman–Crippen LogP) is 5.31. The van der Waals surface area contributed by atoms with Crippen LogP contribution in [0.3, 0.4) is 0 Å². The lowest BCUT2D eigenvalue weighted by Gasteiger charge is -2.22. The largest absolute Gasteiger partial charge is 0.494 e. The number of aliphatic imine (C=N–C) groups is 1. The fourth-order valence-corrected chi connectivity index (χ4v) is 2.97. The van der Waals surface area contributed by atoms with Crippen molar-refractivity contribution in [2.45, 2.75) is 39.2 Å². The van der Waals surface area contributed by atoms with E-state index in [-0.39, 0.29) is 0 Å². The molecule has 2 heteroatoms. The molecular formula is C22H25NO. The van der Waals surface area contributed by atoms with Crippen molar-refractivity contribution in [2.24, 2.45) is 4.99 Å². The van der Waals surface area contributed by atoms with Crippen LogP contribution in [-0.2, 0) is 6.42 Å². The summed E-state index contributed by atoms with van der Waals surface area (Å²) in [6, 6.07) is 17.1. The molecule has 0 aliphatic carbocycles. The third-order valence-corrected chi connectivity index (χ3v) is 4.31. The predicted molar refractivity (Wildman–Crippen MR) is 102 cm³/mol. The lowest BCUT2D eigenvalue weighted by Crippen LogP contribution is -2.19. The molecule has 0 radical (unpaired) electrons. The summed E-state index contributed by atoms with van der Waals surface area (Å²) in [5.74, 6) is 0.971. The Labute approximate surface area is 144 Å². The number of hydrogen-bond acceptors (Lipinski definition) is 2. The monoisotopic (exact) mass is 319 g/mol. The van der Waals surface area contributed by atoms with Gasteiger partial charge in [0.2, 0.25) is 0 Å². The molecule has 2 aromatic rings. The molecule has 0 saturated heterocycles. The van der Waals surface area contributed by atoms with Gasteiger partial charge in [-0.05, 0) is 54.7 Å². The summed E-state index contributed by atoms with van der Waals surface area (Å²) in [5, 5.41) is 0. The molecule has 0 amide bonds. The summed E-state index contributed by atoms with van der Waals surface area (Å²) < 4.78 is 5.80. The van der Waals surface area contributed by atoms with Crippen molar-refractivity contribution >= 4 is 11.8 Å². The first kappa shape index (κ1) is 16.5. The number of hydrogen-bond donors (Lipinski definition) is 0. The smallest absolute Gasteiger partial charge is 0.119 e. The van der Waals surface area contributed by atoms with Crippen molar-refractivity contribution in [2.75, 3.05) is 6.61 Å². The van der Waals surface area contributed by atoms with Crippen molar-refractivity contribution in [3.05, 3.63) is 71.3 Å². The van der Waals surface area contributed by atoms with Gasteiger partial charge in [0.15, 0.2) is 0 Å². The Bertz CT molecular complexity index is 731. The van der Waals surface area contributed by atoms with Gasteiger partial charge in [0.1, 0.15) is 5.75 Å². The first-order chi connectivity index (χ1) is 11.8. The number of benzene rings is 2. The number of ether oxygens (including phenoxy) is 1. The van der Waals surface area contributed by atoms with Crippen LogP contribution in [0.25, 0.3) is 6.08 Å². The average Bonchev–Trinajstić information content (AvgIpc) is 2.64. The molecule has 0 fully saturated rings. The molecule has 124 valence electrons. The van der Waals surface area contributed by atoms with Crippen LogP contribution in [0.1, 0.15) is 43.4 Å². The van der Waals surface area contributed by atoms with Crippen molar-refractivity contribution in [1.82, 2.24) is 0 Å². The Balaban J connectivity index is 1.89. The van der Waals surface area contributed by atoms with E-state index in [2.05, 4.69) is 68.5 Å². The summed E-state index contributed by atoms with van der Waals surface area (Å²) in [6.45, 7) is 5.10. The van der Waals surface area contributed by atoms with E-state index in [9.17, 15) is 0 Å². The topological polar surface area (TPSA) is 21.6 Å². The highest BCUT2D eigenvalue weighted by Crippen LogP contribution is 2.26.